The Bertz CT molecular complexity index is 1060. The van der Waals surface area contributed by atoms with Crippen LogP contribution < -0.4 is 5.14 Å². The number of carbonyl (C=O) groups excluding carboxylic acids is 1. The standard InChI is InChI=1S/C21H23N3O4S/c1-24(21(25)14-16-9-11-19(12-10-16)29(22,26)27)13-5-8-18-15-20(23-28-18)17-6-3-2-4-7-17/h2-4,6-7,9-12,15H,5,8,13-14H2,1H3,(H2,22,26,27). The van der Waals surface area contributed by atoms with Crippen LogP contribution in [0.1, 0.15) is 17.7 Å². The Morgan fingerprint density at radius 2 is 1.79 bits per heavy atom. The number of rotatable bonds is 8. The van der Waals surface area contributed by atoms with Gasteiger partial charge in [0.05, 0.1) is 11.3 Å². The van der Waals surface area contributed by atoms with Gasteiger partial charge in [-0.2, -0.15) is 0 Å². The van der Waals surface area contributed by atoms with Gasteiger partial charge in [-0.3, -0.25) is 4.79 Å². The molecule has 0 bridgehead atoms. The maximum absolute atomic E-state index is 12.4. The lowest BCUT2D eigenvalue weighted by molar-refractivity contribution is -0.129. The Hall–Kier alpha value is -2.97. The number of likely N-dealkylation sites (N-methyl/N-ethyl adjacent to an activating group) is 1. The minimum absolute atomic E-state index is 0.0315. The minimum atomic E-state index is -3.73. The highest BCUT2D eigenvalue weighted by Gasteiger charge is 2.12. The fraction of sp³-hybridized carbons (Fsp3) is 0.238. The summed E-state index contributed by atoms with van der Waals surface area (Å²) in [6.45, 7) is 0.579. The van der Waals surface area contributed by atoms with Crippen molar-refractivity contribution in [1.29, 1.82) is 0 Å². The first kappa shape index (κ1) is 20.8. The zero-order valence-corrected chi connectivity index (χ0v) is 16.9. The molecule has 0 radical (unpaired) electrons. The molecule has 2 aromatic carbocycles. The van der Waals surface area contributed by atoms with Crippen molar-refractivity contribution in [1.82, 2.24) is 10.1 Å². The summed E-state index contributed by atoms with van der Waals surface area (Å²) in [6.07, 6.45) is 1.62. The van der Waals surface area contributed by atoms with Crippen LogP contribution in [-0.2, 0) is 27.7 Å². The number of sulfonamides is 1. The maximum Gasteiger partial charge on any atom is 0.238 e. The van der Waals surface area contributed by atoms with Gasteiger partial charge in [-0.05, 0) is 24.1 Å². The number of aromatic nitrogens is 1. The molecule has 0 unspecified atom stereocenters. The van der Waals surface area contributed by atoms with E-state index in [1.165, 1.54) is 12.1 Å². The molecule has 0 atom stereocenters. The highest BCUT2D eigenvalue weighted by atomic mass is 32.2. The summed E-state index contributed by atoms with van der Waals surface area (Å²) in [5.41, 5.74) is 2.54. The third-order valence-electron chi connectivity index (χ3n) is 4.58. The predicted octanol–water partition coefficient (Wildman–Crippen LogP) is 2.62. The lowest BCUT2D eigenvalue weighted by Gasteiger charge is -2.16. The number of hydrogen-bond acceptors (Lipinski definition) is 5. The zero-order valence-electron chi connectivity index (χ0n) is 16.1. The normalized spacial score (nSPS) is 11.4. The number of benzene rings is 2. The lowest BCUT2D eigenvalue weighted by Crippen LogP contribution is -2.29. The van der Waals surface area contributed by atoms with Crippen LogP contribution in [0.2, 0.25) is 0 Å². The predicted molar refractivity (Wildman–Crippen MR) is 109 cm³/mol. The van der Waals surface area contributed by atoms with E-state index >= 15 is 0 Å². The Morgan fingerprint density at radius 1 is 1.10 bits per heavy atom. The summed E-state index contributed by atoms with van der Waals surface area (Å²) in [5.74, 6) is 0.735. The van der Waals surface area contributed by atoms with E-state index in [4.69, 9.17) is 9.66 Å². The summed E-state index contributed by atoms with van der Waals surface area (Å²) in [4.78, 5) is 14.1. The van der Waals surface area contributed by atoms with Crippen LogP contribution in [0.5, 0.6) is 0 Å². The van der Waals surface area contributed by atoms with Gasteiger partial charge >= 0.3 is 0 Å². The van der Waals surface area contributed by atoms with Crippen molar-refractivity contribution in [3.63, 3.8) is 0 Å². The second-order valence-electron chi connectivity index (χ2n) is 6.83. The van der Waals surface area contributed by atoms with Crippen LogP contribution in [0.4, 0.5) is 0 Å². The zero-order chi connectivity index (χ0) is 20.9. The molecule has 29 heavy (non-hydrogen) atoms. The number of carbonyl (C=O) groups is 1. The van der Waals surface area contributed by atoms with Gasteiger partial charge in [0.15, 0.2) is 0 Å². The van der Waals surface area contributed by atoms with Crippen molar-refractivity contribution in [3.8, 4) is 11.3 Å². The minimum Gasteiger partial charge on any atom is -0.361 e. The Labute approximate surface area is 170 Å². The van der Waals surface area contributed by atoms with Gasteiger partial charge < -0.3 is 9.42 Å². The maximum atomic E-state index is 12.4. The van der Waals surface area contributed by atoms with Crippen molar-refractivity contribution in [2.24, 2.45) is 5.14 Å². The third-order valence-corrected chi connectivity index (χ3v) is 5.51. The fourth-order valence-electron chi connectivity index (χ4n) is 2.90. The number of primary sulfonamides is 1. The summed E-state index contributed by atoms with van der Waals surface area (Å²) >= 11 is 0. The number of aryl methyl sites for hydroxylation is 1. The monoisotopic (exact) mass is 413 g/mol. The molecule has 152 valence electrons. The SMILES string of the molecule is CN(CCCc1cc(-c2ccccc2)no1)C(=O)Cc1ccc(S(N)(=O)=O)cc1. The molecular weight excluding hydrogens is 390 g/mol. The molecule has 0 spiro atoms. The molecule has 1 aromatic heterocycles. The Kier molecular flexibility index (Phi) is 6.46. The molecular formula is C21H23N3O4S. The van der Waals surface area contributed by atoms with Crippen molar-refractivity contribution >= 4 is 15.9 Å². The Balaban J connectivity index is 1.47. The van der Waals surface area contributed by atoms with Crippen LogP contribution >= 0.6 is 0 Å². The van der Waals surface area contributed by atoms with Gasteiger partial charge in [0.1, 0.15) is 11.5 Å². The van der Waals surface area contributed by atoms with Crippen molar-refractivity contribution in [2.45, 2.75) is 24.2 Å². The molecule has 8 heteroatoms. The number of nitrogens with zero attached hydrogens (tertiary/aromatic N) is 2. The second-order valence-corrected chi connectivity index (χ2v) is 8.39. The molecule has 2 N–H and O–H groups in total. The molecule has 3 rings (SSSR count). The summed E-state index contributed by atoms with van der Waals surface area (Å²) in [5, 5.41) is 9.17. The topological polar surface area (TPSA) is 106 Å². The van der Waals surface area contributed by atoms with E-state index < -0.39 is 10.0 Å². The summed E-state index contributed by atoms with van der Waals surface area (Å²) in [7, 11) is -1.98. The van der Waals surface area contributed by atoms with Gasteiger partial charge in [-0.15, -0.1) is 0 Å². The van der Waals surface area contributed by atoms with E-state index in [0.717, 1.165) is 29.0 Å². The van der Waals surface area contributed by atoms with Gasteiger partial charge in [0.25, 0.3) is 0 Å². The second kappa shape index (κ2) is 9.02. The largest absolute Gasteiger partial charge is 0.361 e. The molecule has 0 saturated carbocycles. The molecule has 7 nitrogen and oxygen atoms in total. The smallest absolute Gasteiger partial charge is 0.238 e. The summed E-state index contributed by atoms with van der Waals surface area (Å²) in [6, 6.07) is 17.7. The van der Waals surface area contributed by atoms with E-state index in [-0.39, 0.29) is 17.2 Å². The molecule has 0 aliphatic rings. The van der Waals surface area contributed by atoms with Gasteiger partial charge in [-0.25, -0.2) is 13.6 Å². The quantitative estimate of drug-likeness (QED) is 0.611. The van der Waals surface area contributed by atoms with E-state index in [0.29, 0.717) is 13.0 Å². The number of hydrogen-bond donors (Lipinski definition) is 1. The van der Waals surface area contributed by atoms with Crippen molar-refractivity contribution in [3.05, 3.63) is 72.0 Å². The lowest BCUT2D eigenvalue weighted by atomic mass is 10.1. The van der Waals surface area contributed by atoms with Gasteiger partial charge in [0.2, 0.25) is 15.9 Å². The van der Waals surface area contributed by atoms with Crippen LogP contribution in [0.3, 0.4) is 0 Å². The van der Waals surface area contributed by atoms with Crippen LogP contribution in [0.25, 0.3) is 11.3 Å². The first-order valence-electron chi connectivity index (χ1n) is 9.19. The van der Waals surface area contributed by atoms with Gasteiger partial charge in [0, 0.05) is 31.6 Å². The van der Waals surface area contributed by atoms with Crippen LogP contribution in [0.15, 0.2) is 70.1 Å². The average Bonchev–Trinajstić information content (AvgIpc) is 3.17. The van der Waals surface area contributed by atoms with E-state index in [1.54, 1.807) is 24.1 Å². The first-order valence-corrected chi connectivity index (χ1v) is 10.7. The van der Waals surface area contributed by atoms with Crippen LogP contribution in [-0.4, -0.2) is 38.0 Å². The van der Waals surface area contributed by atoms with Crippen molar-refractivity contribution in [2.75, 3.05) is 13.6 Å². The fourth-order valence-corrected chi connectivity index (χ4v) is 3.41. The first-order chi connectivity index (χ1) is 13.8. The molecule has 1 amide bonds. The summed E-state index contributed by atoms with van der Waals surface area (Å²) < 4.78 is 27.9. The molecule has 3 aromatic rings. The number of nitrogens with two attached hydrogens (primary N) is 1. The molecule has 0 aliphatic carbocycles. The number of amides is 1. The van der Waals surface area contributed by atoms with E-state index in [9.17, 15) is 13.2 Å². The Morgan fingerprint density at radius 3 is 2.45 bits per heavy atom. The molecule has 0 aliphatic heterocycles. The van der Waals surface area contributed by atoms with E-state index in [2.05, 4.69) is 5.16 Å². The average molecular weight is 413 g/mol. The highest BCUT2D eigenvalue weighted by molar-refractivity contribution is 7.89. The molecule has 1 heterocycles. The van der Waals surface area contributed by atoms with Gasteiger partial charge in [-0.1, -0.05) is 47.6 Å². The van der Waals surface area contributed by atoms with E-state index in [1.807, 2.05) is 36.4 Å². The van der Waals surface area contributed by atoms with Crippen LogP contribution in [0, 0.1) is 0 Å². The highest BCUT2D eigenvalue weighted by Crippen LogP contribution is 2.19. The molecule has 0 fully saturated rings. The third kappa shape index (κ3) is 5.75. The molecule has 0 saturated heterocycles. The van der Waals surface area contributed by atoms with Crippen molar-refractivity contribution < 1.29 is 17.7 Å².